The number of nitrogens with zero attached hydrogens (tertiary/aromatic N) is 4. The molecule has 0 unspecified atom stereocenters. The first kappa shape index (κ1) is 29.6. The van der Waals surface area contributed by atoms with Gasteiger partial charge >= 0.3 is 12.4 Å². The normalized spacial score (nSPS) is 11.9. The van der Waals surface area contributed by atoms with Crippen molar-refractivity contribution in [1.82, 2.24) is 19.8 Å². The molecule has 5 N–H and O–H groups in total. The lowest BCUT2D eigenvalue weighted by Gasteiger charge is -2.18. The molecule has 0 amide bonds. The number of anilines is 4. The second-order valence-electron chi connectivity index (χ2n) is 8.71. The average Bonchev–Trinajstić information content (AvgIpc) is 2.74. The zero-order valence-electron chi connectivity index (χ0n) is 20.7. The van der Waals surface area contributed by atoms with Crippen LogP contribution in [0.25, 0.3) is 0 Å². The summed E-state index contributed by atoms with van der Waals surface area (Å²) in [4.78, 5) is 11.0. The van der Waals surface area contributed by atoms with Gasteiger partial charge in [0.2, 0.25) is 0 Å². The molecule has 0 fully saturated rings. The fourth-order valence-corrected chi connectivity index (χ4v) is 3.32. The molecule has 13 heteroatoms. The summed E-state index contributed by atoms with van der Waals surface area (Å²) in [6.07, 6.45) is -7.53. The number of hydrogen-bond donors (Lipinski definition) is 3. The molecule has 0 aliphatic carbocycles. The molecule has 0 saturated carbocycles. The predicted molar refractivity (Wildman–Crippen MR) is 132 cm³/mol. The minimum atomic E-state index is -4.42. The smallest absolute Gasteiger partial charge is 0.399 e. The molecule has 3 aromatic rings. The van der Waals surface area contributed by atoms with Crippen molar-refractivity contribution in [2.75, 3.05) is 45.0 Å². The Morgan fingerprint density at radius 1 is 0.730 bits per heavy atom. The van der Waals surface area contributed by atoms with Crippen LogP contribution in [0.1, 0.15) is 22.3 Å². The summed E-state index contributed by atoms with van der Waals surface area (Å²) in [5.74, 6) is 0.568. The van der Waals surface area contributed by atoms with Crippen LogP contribution in [0.4, 0.5) is 49.4 Å². The van der Waals surface area contributed by atoms with E-state index in [4.69, 9.17) is 11.5 Å². The molecule has 202 valence electrons. The van der Waals surface area contributed by atoms with E-state index in [1.807, 2.05) is 0 Å². The van der Waals surface area contributed by atoms with Crippen LogP contribution in [-0.4, -0.2) is 48.0 Å². The number of aromatic nitrogens is 2. The highest BCUT2D eigenvalue weighted by atomic mass is 19.4. The molecule has 0 aliphatic rings. The number of hydrogen-bond acceptors (Lipinski definition) is 7. The summed E-state index contributed by atoms with van der Waals surface area (Å²) in [7, 11) is 6.87. The zero-order valence-corrected chi connectivity index (χ0v) is 20.7. The lowest BCUT2D eigenvalue weighted by molar-refractivity contribution is -0.139. The van der Waals surface area contributed by atoms with Crippen molar-refractivity contribution in [3.63, 3.8) is 0 Å². The van der Waals surface area contributed by atoms with Gasteiger partial charge in [-0.25, -0.2) is 9.97 Å². The minimum Gasteiger partial charge on any atom is -0.399 e. The second kappa shape index (κ2) is 12.1. The zero-order chi connectivity index (χ0) is 28.0. The van der Waals surface area contributed by atoms with Crippen LogP contribution < -0.4 is 16.8 Å². The Hall–Kier alpha value is -3.58. The third-order valence-corrected chi connectivity index (χ3v) is 4.79. The number of benzene rings is 2. The van der Waals surface area contributed by atoms with Crippen molar-refractivity contribution in [1.29, 1.82) is 0 Å². The molecule has 1 heterocycles. The van der Waals surface area contributed by atoms with Gasteiger partial charge in [-0.1, -0.05) is 12.1 Å². The maximum atomic E-state index is 13.2. The first-order chi connectivity index (χ1) is 17.1. The van der Waals surface area contributed by atoms with Crippen LogP contribution in [0.15, 0.2) is 48.8 Å². The van der Waals surface area contributed by atoms with Crippen LogP contribution in [0, 0.1) is 0 Å². The van der Waals surface area contributed by atoms with Crippen molar-refractivity contribution >= 4 is 23.0 Å². The summed E-state index contributed by atoms with van der Waals surface area (Å²) in [5, 5.41) is 2.79. The Labute approximate surface area is 211 Å². The van der Waals surface area contributed by atoms with Crippen molar-refractivity contribution in [2.24, 2.45) is 0 Å². The third-order valence-electron chi connectivity index (χ3n) is 4.79. The number of rotatable bonds is 6. The van der Waals surface area contributed by atoms with E-state index in [1.54, 1.807) is 44.1 Å². The molecule has 0 radical (unpaired) electrons. The number of halogens is 6. The number of alkyl halides is 6. The standard InChI is InChI=1S/C14H16F3N5.C10H13F3N2/c1-22(2)7-9-3-4-10(5-11(9)14(15,16)17)21-13-6-12(18)19-8-20-13;1-15(2)6-7-3-4-8(14)5-9(7)10(11,12)13/h3-6,8H,7H2,1-2H3,(H3,18,19,20,21);3-5H,6,14H2,1-2H3. The Morgan fingerprint density at radius 2 is 1.24 bits per heavy atom. The molecule has 3 rings (SSSR count). The molecular weight excluding hydrogens is 500 g/mol. The highest BCUT2D eigenvalue weighted by molar-refractivity contribution is 5.60. The predicted octanol–water partition coefficient (Wildman–Crippen LogP) is 5.23. The number of nitrogens with two attached hydrogens (primary N) is 2. The van der Waals surface area contributed by atoms with Gasteiger partial charge in [0.25, 0.3) is 0 Å². The molecule has 0 bridgehead atoms. The highest BCUT2D eigenvalue weighted by Gasteiger charge is 2.34. The summed E-state index contributed by atoms with van der Waals surface area (Å²) < 4.78 is 77.4. The van der Waals surface area contributed by atoms with Gasteiger partial charge in [-0.2, -0.15) is 26.3 Å². The summed E-state index contributed by atoms with van der Waals surface area (Å²) in [5.41, 5.74) is 10.4. The first-order valence-electron chi connectivity index (χ1n) is 10.9. The Morgan fingerprint density at radius 3 is 1.73 bits per heavy atom. The van der Waals surface area contributed by atoms with Gasteiger partial charge in [0, 0.05) is 30.5 Å². The molecule has 1 aromatic heterocycles. The van der Waals surface area contributed by atoms with E-state index in [9.17, 15) is 26.3 Å². The van der Waals surface area contributed by atoms with E-state index in [0.29, 0.717) is 5.82 Å². The third kappa shape index (κ3) is 9.42. The molecule has 7 nitrogen and oxygen atoms in total. The van der Waals surface area contributed by atoms with E-state index >= 15 is 0 Å². The van der Waals surface area contributed by atoms with Crippen LogP contribution in [0.5, 0.6) is 0 Å². The van der Waals surface area contributed by atoms with Gasteiger partial charge in [-0.3, -0.25) is 0 Å². The van der Waals surface area contributed by atoms with Crippen LogP contribution in [0.3, 0.4) is 0 Å². The molecule has 0 spiro atoms. The van der Waals surface area contributed by atoms with Crippen molar-refractivity contribution in [3.05, 3.63) is 71.0 Å². The molecular formula is C24H29F6N7. The van der Waals surface area contributed by atoms with Gasteiger partial charge in [0.05, 0.1) is 11.1 Å². The van der Waals surface area contributed by atoms with Gasteiger partial charge in [-0.05, 0) is 63.6 Å². The molecule has 0 saturated heterocycles. The fraction of sp³-hybridized carbons (Fsp3) is 0.333. The van der Waals surface area contributed by atoms with Crippen LogP contribution in [0.2, 0.25) is 0 Å². The van der Waals surface area contributed by atoms with Crippen molar-refractivity contribution in [2.45, 2.75) is 25.4 Å². The fourth-order valence-electron chi connectivity index (χ4n) is 3.32. The van der Waals surface area contributed by atoms with Crippen molar-refractivity contribution in [3.8, 4) is 0 Å². The molecule has 0 atom stereocenters. The monoisotopic (exact) mass is 529 g/mol. The maximum Gasteiger partial charge on any atom is 0.416 e. The Balaban J connectivity index is 0.000000281. The second-order valence-corrected chi connectivity index (χ2v) is 8.71. The molecule has 2 aromatic carbocycles. The number of nitrogens with one attached hydrogen (secondary N) is 1. The summed E-state index contributed by atoms with van der Waals surface area (Å²) >= 11 is 0. The molecule has 0 aliphatic heterocycles. The topological polar surface area (TPSA) is 96.3 Å². The van der Waals surface area contributed by atoms with Crippen LogP contribution >= 0.6 is 0 Å². The quantitative estimate of drug-likeness (QED) is 0.297. The Kier molecular flexibility index (Phi) is 9.70. The van der Waals surface area contributed by atoms with Crippen LogP contribution in [-0.2, 0) is 25.4 Å². The van der Waals surface area contributed by atoms with E-state index in [1.165, 1.54) is 30.6 Å². The average molecular weight is 530 g/mol. The van der Waals surface area contributed by atoms with Gasteiger partial charge in [0.1, 0.15) is 18.0 Å². The largest absolute Gasteiger partial charge is 0.416 e. The first-order valence-corrected chi connectivity index (χ1v) is 10.9. The Bertz CT molecular complexity index is 1180. The van der Waals surface area contributed by atoms with Gasteiger partial charge < -0.3 is 26.6 Å². The summed E-state index contributed by atoms with van der Waals surface area (Å²) in [6.45, 7) is 0.449. The lowest BCUT2D eigenvalue weighted by Crippen LogP contribution is -2.16. The van der Waals surface area contributed by atoms with Crippen molar-refractivity contribution < 1.29 is 26.3 Å². The van der Waals surface area contributed by atoms with Gasteiger partial charge in [-0.15, -0.1) is 0 Å². The van der Waals surface area contributed by atoms with E-state index in [0.717, 1.165) is 12.1 Å². The highest BCUT2D eigenvalue weighted by Crippen LogP contribution is 2.35. The van der Waals surface area contributed by atoms with E-state index in [-0.39, 0.29) is 41.4 Å². The minimum absolute atomic E-state index is 0.129. The summed E-state index contributed by atoms with van der Waals surface area (Å²) in [6, 6.07) is 9.41. The SMILES string of the molecule is CN(C)Cc1ccc(N)cc1C(F)(F)F.CN(C)Cc1ccc(Nc2cc(N)ncn2)cc1C(F)(F)F. The van der Waals surface area contributed by atoms with E-state index < -0.39 is 23.5 Å². The van der Waals surface area contributed by atoms with Gasteiger partial charge in [0.15, 0.2) is 0 Å². The lowest BCUT2D eigenvalue weighted by atomic mass is 10.1. The molecule has 37 heavy (non-hydrogen) atoms. The van der Waals surface area contributed by atoms with E-state index in [2.05, 4.69) is 15.3 Å². The number of nitrogen functional groups attached to an aromatic ring is 2. The maximum absolute atomic E-state index is 13.2.